The van der Waals surface area contributed by atoms with Crippen LogP contribution in [0.5, 0.6) is 5.75 Å². The number of nitriles is 1. The minimum absolute atomic E-state index is 0.0333. The highest BCUT2D eigenvalue weighted by Crippen LogP contribution is 2.15. The van der Waals surface area contributed by atoms with E-state index in [1.54, 1.807) is 12.1 Å². The molecule has 4 heteroatoms. The van der Waals surface area contributed by atoms with Crippen LogP contribution in [0.1, 0.15) is 5.56 Å². The van der Waals surface area contributed by atoms with Crippen LogP contribution in [0.3, 0.4) is 0 Å². The Hall–Kier alpha value is -1.60. The molecule has 0 spiro atoms. The minimum Gasteiger partial charge on any atom is -0.492 e. The summed E-state index contributed by atoms with van der Waals surface area (Å²) in [4.78, 5) is 0. The Kier molecular flexibility index (Phi) is 3.89. The van der Waals surface area contributed by atoms with E-state index in [0.717, 1.165) is 0 Å². The minimum atomic E-state index is -0.547. The van der Waals surface area contributed by atoms with Gasteiger partial charge in [0.15, 0.2) is 0 Å². The Labute approximate surface area is 82.1 Å². The normalized spacial score (nSPS) is 9.50. The first-order valence-electron chi connectivity index (χ1n) is 4.25. The molecule has 3 nitrogen and oxygen atoms in total. The molecule has 0 fully saturated rings. The lowest BCUT2D eigenvalue weighted by Gasteiger charge is -2.05. The van der Waals surface area contributed by atoms with E-state index < -0.39 is 5.82 Å². The Morgan fingerprint density at radius 3 is 2.93 bits per heavy atom. The van der Waals surface area contributed by atoms with Crippen LogP contribution in [0.4, 0.5) is 4.39 Å². The number of nitrogens with zero attached hydrogens (tertiary/aromatic N) is 1. The van der Waals surface area contributed by atoms with Crippen molar-refractivity contribution in [2.45, 2.75) is 0 Å². The Morgan fingerprint density at radius 2 is 2.36 bits per heavy atom. The summed E-state index contributed by atoms with van der Waals surface area (Å²) in [7, 11) is 1.81. The molecular formula is C10H11FN2O. The third-order valence-corrected chi connectivity index (χ3v) is 1.68. The molecule has 74 valence electrons. The molecule has 0 heterocycles. The van der Waals surface area contributed by atoms with E-state index in [2.05, 4.69) is 5.32 Å². The van der Waals surface area contributed by atoms with Crippen molar-refractivity contribution in [3.63, 3.8) is 0 Å². The molecule has 0 atom stereocenters. The van der Waals surface area contributed by atoms with Crippen LogP contribution >= 0.6 is 0 Å². The first-order chi connectivity index (χ1) is 6.77. The lowest BCUT2D eigenvalue weighted by Crippen LogP contribution is -2.15. The van der Waals surface area contributed by atoms with Gasteiger partial charge in [-0.3, -0.25) is 0 Å². The van der Waals surface area contributed by atoms with Gasteiger partial charge in [0.1, 0.15) is 24.2 Å². The number of rotatable bonds is 4. The molecule has 1 aromatic rings. The number of benzene rings is 1. The number of halogens is 1. The lowest BCUT2D eigenvalue weighted by atomic mass is 10.2. The van der Waals surface area contributed by atoms with Crippen molar-refractivity contribution in [3.05, 3.63) is 29.6 Å². The lowest BCUT2D eigenvalue weighted by molar-refractivity contribution is 0.317. The van der Waals surface area contributed by atoms with Crippen molar-refractivity contribution < 1.29 is 9.13 Å². The molecule has 1 aromatic carbocycles. The number of hydrogen-bond donors (Lipinski definition) is 1. The van der Waals surface area contributed by atoms with Gasteiger partial charge in [0, 0.05) is 12.6 Å². The van der Waals surface area contributed by atoms with Crippen molar-refractivity contribution in [1.29, 1.82) is 5.26 Å². The van der Waals surface area contributed by atoms with E-state index in [-0.39, 0.29) is 5.56 Å². The zero-order chi connectivity index (χ0) is 10.4. The highest BCUT2D eigenvalue weighted by Gasteiger charge is 2.02. The highest BCUT2D eigenvalue weighted by molar-refractivity contribution is 5.36. The fraction of sp³-hybridized carbons (Fsp3) is 0.300. The second-order valence-electron chi connectivity index (χ2n) is 2.71. The van der Waals surface area contributed by atoms with E-state index >= 15 is 0 Å². The van der Waals surface area contributed by atoms with Crippen LogP contribution in [0.2, 0.25) is 0 Å². The second kappa shape index (κ2) is 5.20. The third kappa shape index (κ3) is 2.71. The summed E-state index contributed by atoms with van der Waals surface area (Å²) < 4.78 is 18.3. The Balaban J connectivity index is 2.63. The van der Waals surface area contributed by atoms with Crippen LogP contribution in [0.25, 0.3) is 0 Å². The van der Waals surface area contributed by atoms with Crippen molar-refractivity contribution >= 4 is 0 Å². The number of hydrogen-bond acceptors (Lipinski definition) is 3. The molecule has 1 N–H and O–H groups in total. The molecule has 0 saturated heterocycles. The van der Waals surface area contributed by atoms with Gasteiger partial charge in [-0.2, -0.15) is 5.26 Å². The number of nitrogens with one attached hydrogen (secondary N) is 1. The predicted molar refractivity (Wildman–Crippen MR) is 50.5 cm³/mol. The smallest absolute Gasteiger partial charge is 0.144 e. The van der Waals surface area contributed by atoms with E-state index in [9.17, 15) is 4.39 Å². The summed E-state index contributed by atoms with van der Waals surface area (Å²) in [6.45, 7) is 1.17. The standard InChI is InChI=1S/C10H11FN2O/c1-13-4-5-14-9-3-2-8(7-12)10(11)6-9/h2-3,6,13H,4-5H2,1H3. The molecule has 0 amide bonds. The van der Waals surface area contributed by atoms with Crippen molar-refractivity contribution in [1.82, 2.24) is 5.32 Å². The van der Waals surface area contributed by atoms with Crippen LogP contribution in [0, 0.1) is 17.1 Å². The van der Waals surface area contributed by atoms with Gasteiger partial charge in [-0.25, -0.2) is 4.39 Å². The molecule has 0 unspecified atom stereocenters. The van der Waals surface area contributed by atoms with E-state index in [4.69, 9.17) is 10.00 Å². The monoisotopic (exact) mass is 194 g/mol. The predicted octanol–water partition coefficient (Wildman–Crippen LogP) is 1.30. The topological polar surface area (TPSA) is 45.0 Å². The van der Waals surface area contributed by atoms with E-state index in [1.807, 2.05) is 7.05 Å². The molecule has 0 aliphatic heterocycles. The fourth-order valence-corrected chi connectivity index (χ4v) is 0.947. The van der Waals surface area contributed by atoms with Gasteiger partial charge < -0.3 is 10.1 Å². The average Bonchev–Trinajstić information content (AvgIpc) is 2.18. The first-order valence-corrected chi connectivity index (χ1v) is 4.25. The van der Waals surface area contributed by atoms with Gasteiger partial charge in [0.25, 0.3) is 0 Å². The maximum Gasteiger partial charge on any atom is 0.144 e. The molecule has 1 rings (SSSR count). The third-order valence-electron chi connectivity index (χ3n) is 1.68. The average molecular weight is 194 g/mol. The maximum absolute atomic E-state index is 13.0. The molecule has 0 bridgehead atoms. The van der Waals surface area contributed by atoms with Crippen molar-refractivity contribution in [3.8, 4) is 11.8 Å². The van der Waals surface area contributed by atoms with Crippen LogP contribution in [0.15, 0.2) is 18.2 Å². The van der Waals surface area contributed by atoms with Crippen molar-refractivity contribution in [2.75, 3.05) is 20.2 Å². The van der Waals surface area contributed by atoms with Crippen molar-refractivity contribution in [2.24, 2.45) is 0 Å². The van der Waals surface area contributed by atoms with E-state index in [0.29, 0.717) is 18.9 Å². The largest absolute Gasteiger partial charge is 0.492 e. The highest BCUT2D eigenvalue weighted by atomic mass is 19.1. The zero-order valence-electron chi connectivity index (χ0n) is 7.88. The van der Waals surface area contributed by atoms with Gasteiger partial charge in [0.2, 0.25) is 0 Å². The van der Waals surface area contributed by atoms with Gasteiger partial charge in [-0.1, -0.05) is 0 Å². The summed E-state index contributed by atoms with van der Waals surface area (Å²) in [5.74, 6) is -0.105. The van der Waals surface area contributed by atoms with Crippen LogP contribution in [-0.2, 0) is 0 Å². The van der Waals surface area contributed by atoms with Crippen LogP contribution in [-0.4, -0.2) is 20.2 Å². The number of likely N-dealkylation sites (N-methyl/N-ethyl adjacent to an activating group) is 1. The molecule has 0 aliphatic carbocycles. The first kappa shape index (κ1) is 10.5. The summed E-state index contributed by atoms with van der Waals surface area (Å²) in [5.41, 5.74) is 0.0333. The SMILES string of the molecule is CNCCOc1ccc(C#N)c(F)c1. The second-order valence-corrected chi connectivity index (χ2v) is 2.71. The Bertz CT molecular complexity index is 346. The van der Waals surface area contributed by atoms with E-state index in [1.165, 1.54) is 12.1 Å². The fourth-order valence-electron chi connectivity index (χ4n) is 0.947. The number of ether oxygens (including phenoxy) is 1. The summed E-state index contributed by atoms with van der Waals surface area (Å²) >= 11 is 0. The Morgan fingerprint density at radius 1 is 1.57 bits per heavy atom. The summed E-state index contributed by atoms with van der Waals surface area (Å²) in [5, 5.41) is 11.4. The zero-order valence-corrected chi connectivity index (χ0v) is 7.88. The summed E-state index contributed by atoms with van der Waals surface area (Å²) in [6, 6.07) is 5.95. The molecule has 0 radical (unpaired) electrons. The molecular weight excluding hydrogens is 183 g/mol. The maximum atomic E-state index is 13.0. The van der Waals surface area contributed by atoms with Gasteiger partial charge in [0.05, 0.1) is 5.56 Å². The van der Waals surface area contributed by atoms with Crippen LogP contribution < -0.4 is 10.1 Å². The quantitative estimate of drug-likeness (QED) is 0.735. The summed E-state index contributed by atoms with van der Waals surface area (Å²) in [6.07, 6.45) is 0. The molecule has 0 aromatic heterocycles. The molecule has 14 heavy (non-hydrogen) atoms. The molecule has 0 saturated carbocycles. The van der Waals surface area contributed by atoms with Gasteiger partial charge in [-0.05, 0) is 19.2 Å². The van der Waals surface area contributed by atoms with Gasteiger partial charge in [-0.15, -0.1) is 0 Å². The van der Waals surface area contributed by atoms with Gasteiger partial charge >= 0.3 is 0 Å². The molecule has 0 aliphatic rings.